The third-order valence-electron chi connectivity index (χ3n) is 2.99. The van der Waals surface area contributed by atoms with Crippen molar-refractivity contribution in [3.63, 3.8) is 0 Å². The third-order valence-corrected chi connectivity index (χ3v) is 2.99. The molecular weight excluding hydrogens is 162 g/mol. The van der Waals surface area contributed by atoms with Crippen LogP contribution < -0.4 is 0 Å². The molecule has 74 valence electrons. The molecule has 0 spiro atoms. The van der Waals surface area contributed by atoms with E-state index in [9.17, 15) is 5.11 Å². The molecule has 0 amide bonds. The molecule has 0 aromatic heterocycles. The molecule has 13 heavy (non-hydrogen) atoms. The Labute approximate surface area is 80.6 Å². The van der Waals surface area contributed by atoms with Crippen LogP contribution >= 0.6 is 0 Å². The van der Waals surface area contributed by atoms with Crippen LogP contribution in [0.2, 0.25) is 0 Å². The summed E-state index contributed by atoms with van der Waals surface area (Å²) in [6.07, 6.45) is 8.58. The molecule has 1 saturated carbocycles. The number of nitrogens with zero attached hydrogens (tertiary/aromatic N) is 1. The number of nitriles is 1. The van der Waals surface area contributed by atoms with Crippen molar-refractivity contribution in [3.8, 4) is 6.07 Å². The summed E-state index contributed by atoms with van der Waals surface area (Å²) >= 11 is 0. The lowest BCUT2D eigenvalue weighted by Gasteiger charge is -2.22. The molecule has 0 heterocycles. The van der Waals surface area contributed by atoms with Crippen LogP contribution in [0.25, 0.3) is 0 Å². The molecule has 0 saturated heterocycles. The summed E-state index contributed by atoms with van der Waals surface area (Å²) in [5.41, 5.74) is 0. The number of hydrogen-bond donors (Lipinski definition) is 1. The first-order valence-corrected chi connectivity index (χ1v) is 5.39. The summed E-state index contributed by atoms with van der Waals surface area (Å²) in [6.45, 7) is 0. The Balaban J connectivity index is 2.32. The topological polar surface area (TPSA) is 44.0 Å². The molecule has 0 aliphatic heterocycles. The molecule has 0 aromatic rings. The van der Waals surface area contributed by atoms with Crippen LogP contribution in [0, 0.1) is 17.2 Å². The average molecular weight is 181 g/mol. The van der Waals surface area contributed by atoms with Gasteiger partial charge in [-0.2, -0.15) is 5.26 Å². The van der Waals surface area contributed by atoms with E-state index >= 15 is 0 Å². The van der Waals surface area contributed by atoms with Crippen molar-refractivity contribution >= 4 is 0 Å². The molecule has 1 rings (SSSR count). The molecular formula is C11H19NO. The van der Waals surface area contributed by atoms with Crippen LogP contribution in [0.4, 0.5) is 0 Å². The Bertz CT molecular complexity index is 165. The molecule has 0 bridgehead atoms. The lowest BCUT2D eigenvalue weighted by Crippen LogP contribution is -2.20. The van der Waals surface area contributed by atoms with E-state index in [0.717, 1.165) is 12.8 Å². The lowest BCUT2D eigenvalue weighted by atomic mass is 9.86. The maximum Gasteiger partial charge on any atom is 0.0698 e. The molecule has 1 unspecified atom stereocenters. The molecule has 1 fully saturated rings. The van der Waals surface area contributed by atoms with Crippen molar-refractivity contribution in [2.75, 3.05) is 0 Å². The number of rotatable bonds is 2. The fourth-order valence-electron chi connectivity index (χ4n) is 2.13. The maximum atomic E-state index is 9.67. The highest BCUT2D eigenvalue weighted by Crippen LogP contribution is 2.25. The standard InChI is InChI=1S/C11H19NO/c12-9-8-11(13)10-6-4-2-1-3-5-7-10/h10-11,13H,1-8H2. The zero-order chi connectivity index (χ0) is 9.52. The maximum absolute atomic E-state index is 9.67. The highest BCUT2D eigenvalue weighted by atomic mass is 16.3. The zero-order valence-corrected chi connectivity index (χ0v) is 8.21. The molecule has 1 aliphatic carbocycles. The van der Waals surface area contributed by atoms with E-state index in [0.29, 0.717) is 12.3 Å². The van der Waals surface area contributed by atoms with E-state index in [1.54, 1.807) is 0 Å². The Morgan fingerprint density at radius 3 is 2.23 bits per heavy atom. The van der Waals surface area contributed by atoms with Gasteiger partial charge in [0.2, 0.25) is 0 Å². The van der Waals surface area contributed by atoms with Crippen LogP contribution in [0.15, 0.2) is 0 Å². The second-order valence-electron chi connectivity index (χ2n) is 4.03. The summed E-state index contributed by atoms with van der Waals surface area (Å²) in [5, 5.41) is 18.2. The molecule has 2 nitrogen and oxygen atoms in total. The van der Waals surface area contributed by atoms with Crippen molar-refractivity contribution in [2.24, 2.45) is 5.92 Å². The van der Waals surface area contributed by atoms with Gasteiger partial charge in [0.15, 0.2) is 0 Å². The van der Waals surface area contributed by atoms with E-state index in [2.05, 4.69) is 6.07 Å². The smallest absolute Gasteiger partial charge is 0.0698 e. The summed E-state index contributed by atoms with van der Waals surface area (Å²) < 4.78 is 0. The fourth-order valence-corrected chi connectivity index (χ4v) is 2.13. The Morgan fingerprint density at radius 1 is 1.15 bits per heavy atom. The Morgan fingerprint density at radius 2 is 1.69 bits per heavy atom. The first kappa shape index (κ1) is 10.5. The van der Waals surface area contributed by atoms with E-state index in [4.69, 9.17) is 5.26 Å². The van der Waals surface area contributed by atoms with Crippen LogP contribution in [0.1, 0.15) is 51.4 Å². The Kier molecular flexibility index (Phi) is 4.85. The van der Waals surface area contributed by atoms with Gasteiger partial charge in [0.25, 0.3) is 0 Å². The fraction of sp³-hybridized carbons (Fsp3) is 0.909. The summed E-state index contributed by atoms with van der Waals surface area (Å²) in [7, 11) is 0. The van der Waals surface area contributed by atoms with Crippen LogP contribution in [-0.4, -0.2) is 11.2 Å². The monoisotopic (exact) mass is 181 g/mol. The van der Waals surface area contributed by atoms with Gasteiger partial charge in [-0.1, -0.05) is 32.1 Å². The van der Waals surface area contributed by atoms with Gasteiger partial charge in [-0.05, 0) is 18.8 Å². The minimum absolute atomic E-state index is 0.310. The van der Waals surface area contributed by atoms with Gasteiger partial charge in [0.1, 0.15) is 0 Å². The molecule has 2 heteroatoms. The first-order valence-electron chi connectivity index (χ1n) is 5.39. The quantitative estimate of drug-likeness (QED) is 0.711. The minimum atomic E-state index is -0.372. The summed E-state index contributed by atoms with van der Waals surface area (Å²) in [5.74, 6) is 0.389. The largest absolute Gasteiger partial charge is 0.392 e. The van der Waals surface area contributed by atoms with Crippen molar-refractivity contribution in [2.45, 2.75) is 57.5 Å². The van der Waals surface area contributed by atoms with Gasteiger partial charge in [-0.25, -0.2) is 0 Å². The molecule has 1 aliphatic rings. The normalized spacial score (nSPS) is 22.8. The van der Waals surface area contributed by atoms with E-state index in [-0.39, 0.29) is 6.10 Å². The minimum Gasteiger partial charge on any atom is -0.392 e. The van der Waals surface area contributed by atoms with Crippen LogP contribution in [0.3, 0.4) is 0 Å². The average Bonchev–Trinajstić information content (AvgIpc) is 2.03. The van der Waals surface area contributed by atoms with Gasteiger partial charge in [-0.3, -0.25) is 0 Å². The van der Waals surface area contributed by atoms with Crippen molar-refractivity contribution in [3.05, 3.63) is 0 Å². The predicted molar refractivity (Wildman–Crippen MR) is 52.0 cm³/mol. The second kappa shape index (κ2) is 5.99. The van der Waals surface area contributed by atoms with Gasteiger partial charge in [-0.15, -0.1) is 0 Å². The van der Waals surface area contributed by atoms with E-state index in [1.807, 2.05) is 0 Å². The van der Waals surface area contributed by atoms with E-state index in [1.165, 1.54) is 32.1 Å². The lowest BCUT2D eigenvalue weighted by molar-refractivity contribution is 0.0952. The molecule has 1 N–H and O–H groups in total. The Hall–Kier alpha value is -0.550. The summed E-state index contributed by atoms with van der Waals surface area (Å²) in [4.78, 5) is 0. The highest BCUT2D eigenvalue weighted by Gasteiger charge is 2.19. The van der Waals surface area contributed by atoms with Crippen molar-refractivity contribution in [1.29, 1.82) is 5.26 Å². The number of hydrogen-bond acceptors (Lipinski definition) is 2. The van der Waals surface area contributed by atoms with E-state index < -0.39 is 0 Å². The third kappa shape index (κ3) is 3.78. The van der Waals surface area contributed by atoms with Crippen LogP contribution in [-0.2, 0) is 0 Å². The number of aliphatic hydroxyl groups excluding tert-OH is 1. The molecule has 1 atom stereocenters. The van der Waals surface area contributed by atoms with Gasteiger partial charge < -0.3 is 5.11 Å². The molecule has 0 aromatic carbocycles. The molecule has 0 radical (unpaired) electrons. The highest BCUT2D eigenvalue weighted by molar-refractivity contribution is 4.80. The predicted octanol–water partition coefficient (Wildman–Crippen LogP) is 2.62. The van der Waals surface area contributed by atoms with Gasteiger partial charge in [0, 0.05) is 0 Å². The zero-order valence-electron chi connectivity index (χ0n) is 8.21. The van der Waals surface area contributed by atoms with Crippen molar-refractivity contribution < 1.29 is 5.11 Å². The first-order chi connectivity index (χ1) is 6.34. The second-order valence-corrected chi connectivity index (χ2v) is 4.03. The van der Waals surface area contributed by atoms with Gasteiger partial charge >= 0.3 is 0 Å². The van der Waals surface area contributed by atoms with Gasteiger partial charge in [0.05, 0.1) is 18.6 Å². The van der Waals surface area contributed by atoms with Crippen molar-refractivity contribution in [1.82, 2.24) is 0 Å². The SMILES string of the molecule is N#CCC(O)C1CCCCCCC1. The van der Waals surface area contributed by atoms with Crippen LogP contribution in [0.5, 0.6) is 0 Å². The number of aliphatic hydroxyl groups is 1. The summed E-state index contributed by atoms with van der Waals surface area (Å²) in [6, 6.07) is 2.05.